The van der Waals surface area contributed by atoms with Crippen LogP contribution in [0.4, 0.5) is 11.4 Å². The summed E-state index contributed by atoms with van der Waals surface area (Å²) in [4.78, 5) is 33.3. The lowest BCUT2D eigenvalue weighted by Gasteiger charge is -2.28. The Morgan fingerprint density at radius 2 is 1.70 bits per heavy atom. The Balaban J connectivity index is 1.69. The molecule has 0 spiro atoms. The molecule has 3 atom stereocenters. The van der Waals surface area contributed by atoms with Gasteiger partial charge >= 0.3 is 0 Å². The third kappa shape index (κ3) is 3.00. The topological polar surface area (TPSA) is 49.9 Å². The number of nitrogens with zero attached hydrogens (tertiary/aromatic N) is 2. The first-order valence-corrected chi connectivity index (χ1v) is 9.62. The predicted octanol–water partition coefficient (Wildman–Crippen LogP) is 4.47. The van der Waals surface area contributed by atoms with Gasteiger partial charge in [0, 0.05) is 0 Å². The Kier molecular flexibility index (Phi) is 4.84. The van der Waals surface area contributed by atoms with Crippen LogP contribution in [0.25, 0.3) is 0 Å². The highest BCUT2D eigenvalue weighted by Crippen LogP contribution is 2.42. The van der Waals surface area contributed by atoms with Crippen LogP contribution in [0.1, 0.15) is 19.8 Å². The SMILES string of the molecule is CCCC1C2C(=O)N(c3ccccc3)C(=O)C2ON1c1ccc(Cl)c(Cl)c1. The van der Waals surface area contributed by atoms with Crippen molar-refractivity contribution in [3.63, 3.8) is 0 Å². The average Bonchev–Trinajstić information content (AvgIpc) is 3.15. The van der Waals surface area contributed by atoms with Crippen molar-refractivity contribution < 1.29 is 14.4 Å². The first-order valence-electron chi connectivity index (χ1n) is 8.87. The van der Waals surface area contributed by atoms with Crippen LogP contribution < -0.4 is 9.96 Å². The van der Waals surface area contributed by atoms with Crippen molar-refractivity contribution in [1.82, 2.24) is 0 Å². The summed E-state index contributed by atoms with van der Waals surface area (Å²) in [7, 11) is 0. The van der Waals surface area contributed by atoms with Gasteiger partial charge < -0.3 is 0 Å². The minimum Gasteiger partial charge on any atom is -0.273 e. The average molecular weight is 405 g/mol. The second-order valence-corrected chi connectivity index (χ2v) is 7.49. The highest BCUT2D eigenvalue weighted by atomic mass is 35.5. The van der Waals surface area contributed by atoms with E-state index in [4.69, 9.17) is 28.0 Å². The van der Waals surface area contributed by atoms with Gasteiger partial charge in [-0.15, -0.1) is 0 Å². The maximum atomic E-state index is 13.1. The van der Waals surface area contributed by atoms with Gasteiger partial charge in [-0.25, -0.2) is 9.96 Å². The van der Waals surface area contributed by atoms with Crippen LogP contribution in [0.5, 0.6) is 0 Å². The van der Waals surface area contributed by atoms with Crippen LogP contribution in [0.3, 0.4) is 0 Å². The van der Waals surface area contributed by atoms with Crippen LogP contribution in [0.2, 0.25) is 10.0 Å². The molecule has 2 heterocycles. The monoisotopic (exact) mass is 404 g/mol. The number of anilines is 2. The van der Waals surface area contributed by atoms with E-state index in [9.17, 15) is 9.59 Å². The zero-order valence-corrected chi connectivity index (χ0v) is 16.2. The fourth-order valence-electron chi connectivity index (χ4n) is 3.79. The number of hydrogen-bond acceptors (Lipinski definition) is 4. The molecule has 2 saturated heterocycles. The number of para-hydroxylation sites is 1. The standard InChI is InChI=1S/C20H18Cl2N2O3/c1-2-6-16-17-18(27-24(16)13-9-10-14(21)15(22)11-13)20(26)23(19(17)25)12-7-4-3-5-8-12/h3-5,7-11,16-18H,2,6H2,1H3. The Labute approximate surface area is 167 Å². The molecule has 2 aromatic carbocycles. The molecule has 0 radical (unpaired) electrons. The van der Waals surface area contributed by atoms with Gasteiger partial charge in [0.15, 0.2) is 6.10 Å². The number of halogens is 2. The molecule has 27 heavy (non-hydrogen) atoms. The number of fused-ring (bicyclic) bond motifs is 1. The number of rotatable bonds is 4. The minimum atomic E-state index is -0.830. The van der Waals surface area contributed by atoms with Gasteiger partial charge in [-0.1, -0.05) is 54.7 Å². The molecule has 5 nitrogen and oxygen atoms in total. The molecule has 2 aromatic rings. The number of hydrogen-bond donors (Lipinski definition) is 0. The molecule has 0 saturated carbocycles. The van der Waals surface area contributed by atoms with Crippen molar-refractivity contribution in [3.05, 3.63) is 58.6 Å². The third-order valence-electron chi connectivity index (χ3n) is 4.99. The summed E-state index contributed by atoms with van der Waals surface area (Å²) in [5.74, 6) is -1.11. The fourth-order valence-corrected chi connectivity index (χ4v) is 4.08. The molecular formula is C20H18Cl2N2O3. The molecule has 0 N–H and O–H groups in total. The van der Waals surface area contributed by atoms with E-state index in [0.717, 1.165) is 6.42 Å². The second kappa shape index (κ2) is 7.15. The highest BCUT2D eigenvalue weighted by Gasteiger charge is 2.59. The maximum Gasteiger partial charge on any atom is 0.266 e. The second-order valence-electron chi connectivity index (χ2n) is 6.68. The molecule has 2 amide bonds. The van der Waals surface area contributed by atoms with Crippen molar-refractivity contribution in [2.24, 2.45) is 5.92 Å². The zero-order valence-electron chi connectivity index (χ0n) is 14.6. The van der Waals surface area contributed by atoms with E-state index < -0.39 is 12.0 Å². The molecule has 2 aliphatic rings. The molecule has 7 heteroatoms. The van der Waals surface area contributed by atoms with E-state index in [2.05, 4.69) is 0 Å². The molecule has 4 rings (SSSR count). The Morgan fingerprint density at radius 1 is 0.963 bits per heavy atom. The summed E-state index contributed by atoms with van der Waals surface area (Å²) in [6, 6.07) is 13.9. The fraction of sp³-hybridized carbons (Fsp3) is 0.300. The molecule has 2 fully saturated rings. The molecule has 0 aliphatic carbocycles. The normalized spacial score (nSPS) is 24.6. The van der Waals surface area contributed by atoms with E-state index in [1.54, 1.807) is 47.5 Å². The molecule has 3 unspecified atom stereocenters. The van der Waals surface area contributed by atoms with Crippen LogP contribution in [0.15, 0.2) is 48.5 Å². The molecular weight excluding hydrogens is 387 g/mol. The number of hydroxylamine groups is 1. The summed E-state index contributed by atoms with van der Waals surface area (Å²) in [6.07, 6.45) is 0.731. The van der Waals surface area contributed by atoms with Crippen LogP contribution in [0, 0.1) is 5.92 Å². The summed E-state index contributed by atoms with van der Waals surface area (Å²) in [5.41, 5.74) is 1.26. The van der Waals surface area contributed by atoms with E-state index in [-0.39, 0.29) is 17.9 Å². The van der Waals surface area contributed by atoms with Crippen LogP contribution in [-0.2, 0) is 14.4 Å². The lowest BCUT2D eigenvalue weighted by atomic mass is 9.93. The minimum absolute atomic E-state index is 0.225. The molecule has 0 aromatic heterocycles. The quantitative estimate of drug-likeness (QED) is 0.705. The van der Waals surface area contributed by atoms with Crippen LogP contribution >= 0.6 is 23.2 Å². The van der Waals surface area contributed by atoms with Gasteiger partial charge in [-0.2, -0.15) is 0 Å². The van der Waals surface area contributed by atoms with Crippen LogP contribution in [-0.4, -0.2) is 24.0 Å². The van der Waals surface area contributed by atoms with Crippen molar-refractivity contribution in [1.29, 1.82) is 0 Å². The van der Waals surface area contributed by atoms with E-state index >= 15 is 0 Å². The molecule has 2 aliphatic heterocycles. The van der Waals surface area contributed by atoms with Gasteiger partial charge in [0.1, 0.15) is 0 Å². The smallest absolute Gasteiger partial charge is 0.266 e. The lowest BCUT2D eigenvalue weighted by molar-refractivity contribution is -0.126. The Bertz CT molecular complexity index is 890. The Morgan fingerprint density at radius 3 is 2.37 bits per heavy atom. The van der Waals surface area contributed by atoms with Crippen molar-refractivity contribution in [2.45, 2.75) is 31.9 Å². The summed E-state index contributed by atoms with van der Waals surface area (Å²) in [6.45, 7) is 2.04. The third-order valence-corrected chi connectivity index (χ3v) is 5.73. The first kappa shape index (κ1) is 18.3. The van der Waals surface area contributed by atoms with Crippen molar-refractivity contribution in [3.8, 4) is 0 Å². The van der Waals surface area contributed by atoms with Gasteiger partial charge in [-0.3, -0.25) is 14.4 Å². The predicted molar refractivity (Wildman–Crippen MR) is 105 cm³/mol. The highest BCUT2D eigenvalue weighted by molar-refractivity contribution is 6.42. The van der Waals surface area contributed by atoms with Crippen molar-refractivity contribution >= 4 is 46.4 Å². The number of benzene rings is 2. The maximum absolute atomic E-state index is 13.1. The summed E-state index contributed by atoms with van der Waals surface area (Å²) >= 11 is 12.1. The van der Waals surface area contributed by atoms with Gasteiger partial charge in [0.05, 0.1) is 33.4 Å². The number of imide groups is 1. The number of carbonyl (C=O) groups excluding carboxylic acids is 2. The van der Waals surface area contributed by atoms with E-state index in [0.29, 0.717) is 27.8 Å². The lowest BCUT2D eigenvalue weighted by Crippen LogP contribution is -2.40. The number of carbonyl (C=O) groups is 2. The first-order chi connectivity index (χ1) is 13.0. The van der Waals surface area contributed by atoms with E-state index in [1.165, 1.54) is 4.90 Å². The zero-order chi connectivity index (χ0) is 19.1. The van der Waals surface area contributed by atoms with Crippen molar-refractivity contribution in [2.75, 3.05) is 9.96 Å². The summed E-state index contributed by atoms with van der Waals surface area (Å²) in [5, 5.41) is 2.49. The van der Waals surface area contributed by atoms with Gasteiger partial charge in [-0.05, 0) is 36.8 Å². The summed E-state index contributed by atoms with van der Waals surface area (Å²) < 4.78 is 0. The van der Waals surface area contributed by atoms with Gasteiger partial charge in [0.25, 0.3) is 5.91 Å². The largest absolute Gasteiger partial charge is 0.273 e. The Hall–Kier alpha value is -2.08. The molecule has 140 valence electrons. The van der Waals surface area contributed by atoms with E-state index in [1.807, 2.05) is 13.0 Å². The number of amides is 2. The molecule has 0 bridgehead atoms. The van der Waals surface area contributed by atoms with Gasteiger partial charge in [0.2, 0.25) is 5.91 Å².